The van der Waals surface area contributed by atoms with Gasteiger partial charge in [-0.2, -0.15) is 0 Å². The molecule has 0 aliphatic carbocycles. The van der Waals surface area contributed by atoms with Crippen LogP contribution in [0.4, 0.5) is 0 Å². The molecule has 0 spiro atoms. The van der Waals surface area contributed by atoms with Gasteiger partial charge in [-0.1, -0.05) is 18.4 Å². The zero-order valence-electron chi connectivity index (χ0n) is 5.35. The van der Waals surface area contributed by atoms with E-state index in [4.69, 9.17) is 0 Å². The Morgan fingerprint density at radius 2 is 2.22 bits per heavy atom. The first-order chi connectivity index (χ1) is 4.39. The molecule has 1 N–H and O–H groups in total. The minimum absolute atomic E-state index is 0.194. The van der Waals surface area contributed by atoms with Crippen molar-refractivity contribution in [3.63, 3.8) is 0 Å². The number of rotatable bonds is 0. The molecule has 0 radical (unpaired) electrons. The van der Waals surface area contributed by atoms with E-state index in [-0.39, 0.29) is 5.91 Å². The summed E-state index contributed by atoms with van der Waals surface area (Å²) >= 11 is 1.54. The second-order valence-electron chi connectivity index (χ2n) is 2.18. The zero-order chi connectivity index (χ0) is 6.53. The van der Waals surface area contributed by atoms with Crippen LogP contribution in [0.1, 0.15) is 25.7 Å². The lowest BCUT2D eigenvalue weighted by molar-refractivity contribution is -0.119. The summed E-state index contributed by atoms with van der Waals surface area (Å²) in [5.41, 5.74) is 0. The third-order valence-electron chi connectivity index (χ3n) is 1.34. The summed E-state index contributed by atoms with van der Waals surface area (Å²) in [6.45, 7) is 0. The van der Waals surface area contributed by atoms with Crippen molar-refractivity contribution in [1.29, 1.82) is 0 Å². The summed E-state index contributed by atoms with van der Waals surface area (Å²) < 4.78 is 2.76. The van der Waals surface area contributed by atoms with Gasteiger partial charge >= 0.3 is 0 Å². The van der Waals surface area contributed by atoms with Crippen LogP contribution in [0, 0.1) is 0 Å². The van der Waals surface area contributed by atoms with E-state index in [1.165, 1.54) is 24.8 Å². The third kappa shape index (κ3) is 2.75. The average Bonchev–Trinajstić information content (AvgIpc) is 1.79. The van der Waals surface area contributed by atoms with Gasteiger partial charge in [0.05, 0.1) is 0 Å². The molecule has 1 aliphatic rings. The Hall–Kier alpha value is -0.180. The van der Waals surface area contributed by atoms with Crippen LogP contribution in [0.15, 0.2) is 0 Å². The van der Waals surface area contributed by atoms with Gasteiger partial charge in [0, 0.05) is 12.2 Å². The normalized spacial score (nSPS) is 22.0. The molecule has 0 aromatic rings. The highest BCUT2D eigenvalue weighted by atomic mass is 32.2. The summed E-state index contributed by atoms with van der Waals surface area (Å²) in [7, 11) is 0. The first kappa shape index (κ1) is 6.93. The highest BCUT2D eigenvalue weighted by molar-refractivity contribution is 7.97. The topological polar surface area (TPSA) is 29.1 Å². The van der Waals surface area contributed by atoms with Crippen LogP contribution in [-0.4, -0.2) is 11.7 Å². The number of hydrogen-bond donors (Lipinski definition) is 1. The van der Waals surface area contributed by atoms with E-state index in [0.29, 0.717) is 6.42 Å². The van der Waals surface area contributed by atoms with E-state index in [2.05, 4.69) is 4.72 Å². The number of carbonyl (C=O) groups excluding carboxylic acids is 1. The van der Waals surface area contributed by atoms with E-state index in [1.54, 1.807) is 0 Å². The van der Waals surface area contributed by atoms with Crippen LogP contribution in [-0.2, 0) is 4.79 Å². The van der Waals surface area contributed by atoms with Crippen LogP contribution in [0.2, 0.25) is 0 Å². The lowest BCUT2D eigenvalue weighted by atomic mass is 10.2. The van der Waals surface area contributed by atoms with Crippen molar-refractivity contribution < 1.29 is 4.79 Å². The smallest absolute Gasteiger partial charge is 0.229 e. The summed E-state index contributed by atoms with van der Waals surface area (Å²) in [5, 5.41) is 0. The van der Waals surface area contributed by atoms with Crippen molar-refractivity contribution >= 4 is 17.9 Å². The number of amides is 1. The third-order valence-corrected chi connectivity index (χ3v) is 2.20. The van der Waals surface area contributed by atoms with E-state index in [0.717, 1.165) is 12.2 Å². The number of nitrogens with one attached hydrogen (secondary N) is 1. The van der Waals surface area contributed by atoms with Crippen molar-refractivity contribution in [2.45, 2.75) is 25.7 Å². The van der Waals surface area contributed by atoms with Crippen molar-refractivity contribution in [1.82, 2.24) is 4.72 Å². The largest absolute Gasteiger partial charge is 0.300 e. The fourth-order valence-electron chi connectivity index (χ4n) is 0.819. The van der Waals surface area contributed by atoms with Gasteiger partial charge in [0.15, 0.2) is 0 Å². The molecule has 1 amide bonds. The molecule has 0 atom stereocenters. The van der Waals surface area contributed by atoms with Crippen LogP contribution in [0.3, 0.4) is 0 Å². The molecule has 1 rings (SSSR count). The monoisotopic (exact) mass is 145 g/mol. The lowest BCUT2D eigenvalue weighted by Gasteiger charge is -2.07. The van der Waals surface area contributed by atoms with Crippen LogP contribution in [0.5, 0.6) is 0 Å². The molecule has 0 aromatic heterocycles. The van der Waals surface area contributed by atoms with Crippen molar-refractivity contribution in [2.75, 3.05) is 5.75 Å². The van der Waals surface area contributed by atoms with Crippen molar-refractivity contribution in [3.05, 3.63) is 0 Å². The number of carbonyl (C=O) groups is 1. The molecule has 3 heteroatoms. The molecule has 1 saturated heterocycles. The highest BCUT2D eigenvalue weighted by Gasteiger charge is 2.03. The van der Waals surface area contributed by atoms with Gasteiger partial charge in [0.1, 0.15) is 0 Å². The Balaban J connectivity index is 2.20. The maximum Gasteiger partial charge on any atom is 0.229 e. The SMILES string of the molecule is O=C1CCCCCSN1. The quantitative estimate of drug-likeness (QED) is 0.521. The Labute approximate surface area is 59.5 Å². The highest BCUT2D eigenvalue weighted by Crippen LogP contribution is 2.09. The van der Waals surface area contributed by atoms with Gasteiger partial charge in [-0.25, -0.2) is 0 Å². The fraction of sp³-hybridized carbons (Fsp3) is 0.833. The minimum Gasteiger partial charge on any atom is -0.300 e. The molecular formula is C6H11NOS. The minimum atomic E-state index is 0.194. The van der Waals surface area contributed by atoms with Gasteiger partial charge in [0.25, 0.3) is 0 Å². The molecule has 0 saturated carbocycles. The molecule has 1 aliphatic heterocycles. The van der Waals surface area contributed by atoms with E-state index < -0.39 is 0 Å². The fourth-order valence-corrected chi connectivity index (χ4v) is 1.53. The van der Waals surface area contributed by atoms with Crippen molar-refractivity contribution in [3.8, 4) is 0 Å². The maximum absolute atomic E-state index is 10.7. The van der Waals surface area contributed by atoms with E-state index >= 15 is 0 Å². The Morgan fingerprint density at radius 1 is 1.33 bits per heavy atom. The Bertz CT molecular complexity index is 95.2. The van der Waals surface area contributed by atoms with Gasteiger partial charge in [-0.3, -0.25) is 4.79 Å². The summed E-state index contributed by atoms with van der Waals surface area (Å²) in [6, 6.07) is 0. The van der Waals surface area contributed by atoms with E-state index in [1.807, 2.05) is 0 Å². The summed E-state index contributed by atoms with van der Waals surface area (Å²) in [5.74, 6) is 1.27. The predicted molar refractivity (Wildman–Crippen MR) is 39.1 cm³/mol. The molecule has 0 aromatic carbocycles. The molecule has 1 fully saturated rings. The van der Waals surface area contributed by atoms with Gasteiger partial charge in [0.2, 0.25) is 5.91 Å². The molecule has 0 unspecified atom stereocenters. The molecule has 0 bridgehead atoms. The molecule has 2 nitrogen and oxygen atoms in total. The molecule has 1 heterocycles. The first-order valence-electron chi connectivity index (χ1n) is 3.30. The van der Waals surface area contributed by atoms with Crippen LogP contribution >= 0.6 is 11.9 Å². The first-order valence-corrected chi connectivity index (χ1v) is 4.29. The zero-order valence-corrected chi connectivity index (χ0v) is 6.17. The average molecular weight is 145 g/mol. The van der Waals surface area contributed by atoms with Gasteiger partial charge < -0.3 is 4.72 Å². The Kier molecular flexibility index (Phi) is 2.91. The van der Waals surface area contributed by atoms with Gasteiger partial charge in [-0.15, -0.1) is 0 Å². The second kappa shape index (κ2) is 3.77. The summed E-state index contributed by atoms with van der Waals surface area (Å²) in [6.07, 6.45) is 4.23. The second-order valence-corrected chi connectivity index (χ2v) is 3.09. The standard InChI is InChI=1S/C6H11NOS/c8-6-4-2-1-3-5-9-7-6/h1-5H2,(H,7,8). The predicted octanol–water partition coefficient (Wildman–Crippen LogP) is 1.32. The van der Waals surface area contributed by atoms with Crippen LogP contribution < -0.4 is 4.72 Å². The molecular weight excluding hydrogens is 134 g/mol. The Morgan fingerprint density at radius 3 is 3.11 bits per heavy atom. The maximum atomic E-state index is 10.7. The van der Waals surface area contributed by atoms with Gasteiger partial charge in [-0.05, 0) is 12.8 Å². The van der Waals surface area contributed by atoms with E-state index in [9.17, 15) is 4.79 Å². The summed E-state index contributed by atoms with van der Waals surface area (Å²) in [4.78, 5) is 10.7. The molecule has 9 heavy (non-hydrogen) atoms. The molecule has 52 valence electrons. The number of hydrogen-bond acceptors (Lipinski definition) is 2. The lowest BCUT2D eigenvalue weighted by Crippen LogP contribution is -2.17. The van der Waals surface area contributed by atoms with Crippen molar-refractivity contribution in [2.24, 2.45) is 0 Å². The van der Waals surface area contributed by atoms with Crippen LogP contribution in [0.25, 0.3) is 0 Å².